The standard InChI is InChI=1S/C18H18N4O3S2/c1-3-6-26-18-21-20-17(27-18)19-16(23)13-9-15(25-22-13)11-4-5-14-12(8-11)7-10(2)24-14/h4-5,8-10H,3,6-7H2,1-2H3,(H,19,20,23)/t10-/m0/s1. The van der Waals surface area contributed by atoms with E-state index in [1.807, 2.05) is 25.1 Å². The molecule has 0 saturated heterocycles. The van der Waals surface area contributed by atoms with Gasteiger partial charge in [0.1, 0.15) is 11.9 Å². The fourth-order valence-electron chi connectivity index (χ4n) is 2.76. The van der Waals surface area contributed by atoms with Crippen molar-refractivity contribution in [3.8, 4) is 17.1 Å². The maximum Gasteiger partial charge on any atom is 0.279 e. The monoisotopic (exact) mass is 402 g/mol. The molecule has 0 radical (unpaired) electrons. The molecule has 3 heterocycles. The van der Waals surface area contributed by atoms with E-state index >= 15 is 0 Å². The summed E-state index contributed by atoms with van der Waals surface area (Å²) in [5, 5.41) is 15.1. The fourth-order valence-corrected chi connectivity index (χ4v) is 4.43. The van der Waals surface area contributed by atoms with Crippen molar-refractivity contribution >= 4 is 34.1 Å². The SMILES string of the molecule is CCCSc1nnc(NC(=O)c2cc(-c3ccc4c(c3)C[C@H](C)O4)on2)s1. The molecule has 4 rings (SSSR count). The van der Waals surface area contributed by atoms with Gasteiger partial charge in [-0.3, -0.25) is 10.1 Å². The van der Waals surface area contributed by atoms with Gasteiger partial charge >= 0.3 is 0 Å². The van der Waals surface area contributed by atoms with E-state index in [1.54, 1.807) is 17.8 Å². The van der Waals surface area contributed by atoms with Gasteiger partial charge in [0.15, 0.2) is 15.8 Å². The van der Waals surface area contributed by atoms with Crippen LogP contribution in [0.3, 0.4) is 0 Å². The van der Waals surface area contributed by atoms with Crippen molar-refractivity contribution in [2.24, 2.45) is 0 Å². The molecule has 0 saturated carbocycles. The number of benzene rings is 1. The van der Waals surface area contributed by atoms with Gasteiger partial charge in [-0.05, 0) is 37.1 Å². The van der Waals surface area contributed by atoms with E-state index in [2.05, 4.69) is 27.6 Å². The second-order valence-corrected chi connectivity index (χ2v) is 8.53. The van der Waals surface area contributed by atoms with Crippen LogP contribution in [0.1, 0.15) is 36.3 Å². The molecule has 2 aromatic heterocycles. The Morgan fingerprint density at radius 3 is 3.11 bits per heavy atom. The molecule has 27 heavy (non-hydrogen) atoms. The number of anilines is 1. The summed E-state index contributed by atoms with van der Waals surface area (Å²) >= 11 is 2.97. The number of amides is 1. The molecule has 0 bridgehead atoms. The molecule has 1 aliphatic heterocycles. The topological polar surface area (TPSA) is 90.1 Å². The van der Waals surface area contributed by atoms with Crippen LogP contribution in [-0.2, 0) is 6.42 Å². The molecule has 1 N–H and O–H groups in total. The number of aromatic nitrogens is 3. The lowest BCUT2D eigenvalue weighted by atomic mass is 10.1. The van der Waals surface area contributed by atoms with E-state index < -0.39 is 0 Å². The second kappa shape index (κ2) is 7.69. The molecule has 0 unspecified atom stereocenters. The molecule has 1 atom stereocenters. The van der Waals surface area contributed by atoms with E-state index in [-0.39, 0.29) is 17.7 Å². The number of thioether (sulfide) groups is 1. The smallest absolute Gasteiger partial charge is 0.279 e. The third kappa shape index (κ3) is 3.98. The molecule has 140 valence electrons. The number of carbonyl (C=O) groups excluding carboxylic acids is 1. The zero-order valence-corrected chi connectivity index (χ0v) is 16.5. The molecule has 1 aliphatic rings. The Morgan fingerprint density at radius 2 is 2.26 bits per heavy atom. The Hall–Kier alpha value is -2.39. The van der Waals surface area contributed by atoms with Gasteiger partial charge in [-0.2, -0.15) is 0 Å². The summed E-state index contributed by atoms with van der Waals surface area (Å²) in [6.07, 6.45) is 2.10. The number of nitrogens with one attached hydrogen (secondary N) is 1. The van der Waals surface area contributed by atoms with E-state index in [0.717, 1.165) is 39.8 Å². The lowest BCUT2D eigenvalue weighted by molar-refractivity contribution is 0.101. The summed E-state index contributed by atoms with van der Waals surface area (Å²) in [5.74, 6) is 2.04. The third-order valence-corrected chi connectivity index (χ3v) is 6.16. The molecule has 1 aromatic carbocycles. The third-order valence-electron chi connectivity index (χ3n) is 3.98. The Bertz CT molecular complexity index is 969. The van der Waals surface area contributed by atoms with Crippen molar-refractivity contribution < 1.29 is 14.1 Å². The summed E-state index contributed by atoms with van der Waals surface area (Å²) < 4.78 is 11.9. The Labute approximate surface area is 164 Å². The van der Waals surface area contributed by atoms with Crippen LogP contribution in [-0.4, -0.2) is 33.1 Å². The normalized spacial score (nSPS) is 15.4. The minimum Gasteiger partial charge on any atom is -0.490 e. The lowest BCUT2D eigenvalue weighted by Gasteiger charge is -2.02. The summed E-state index contributed by atoms with van der Waals surface area (Å²) in [6, 6.07) is 7.47. The highest BCUT2D eigenvalue weighted by molar-refractivity contribution is 8.01. The summed E-state index contributed by atoms with van der Waals surface area (Å²) in [6.45, 7) is 4.14. The fraction of sp³-hybridized carbons (Fsp3) is 0.333. The van der Waals surface area contributed by atoms with Gasteiger partial charge in [0.2, 0.25) is 5.13 Å². The average molecular weight is 403 g/mol. The number of fused-ring (bicyclic) bond motifs is 1. The predicted molar refractivity (Wildman–Crippen MR) is 105 cm³/mol. The first-order chi connectivity index (χ1) is 13.1. The zero-order valence-electron chi connectivity index (χ0n) is 14.9. The molecule has 9 heteroatoms. The predicted octanol–water partition coefficient (Wildman–Crippen LogP) is 4.27. The van der Waals surface area contributed by atoms with Crippen LogP contribution >= 0.6 is 23.1 Å². The summed E-state index contributed by atoms with van der Waals surface area (Å²) in [4.78, 5) is 12.4. The minimum atomic E-state index is -0.369. The number of ether oxygens (including phenoxy) is 1. The van der Waals surface area contributed by atoms with Crippen molar-refractivity contribution in [3.05, 3.63) is 35.5 Å². The zero-order chi connectivity index (χ0) is 18.8. The molecular formula is C18H18N4O3S2. The van der Waals surface area contributed by atoms with Crippen LogP contribution in [0.25, 0.3) is 11.3 Å². The number of nitrogens with zero attached hydrogens (tertiary/aromatic N) is 3. The van der Waals surface area contributed by atoms with E-state index in [0.29, 0.717) is 10.9 Å². The van der Waals surface area contributed by atoms with Gasteiger partial charge in [-0.1, -0.05) is 35.2 Å². The van der Waals surface area contributed by atoms with E-state index in [1.165, 1.54) is 11.3 Å². The van der Waals surface area contributed by atoms with Gasteiger partial charge in [-0.25, -0.2) is 0 Å². The molecule has 0 spiro atoms. The average Bonchev–Trinajstić information content (AvgIpc) is 3.38. The van der Waals surface area contributed by atoms with Crippen LogP contribution in [0.4, 0.5) is 5.13 Å². The van der Waals surface area contributed by atoms with Crippen molar-refractivity contribution in [2.75, 3.05) is 11.1 Å². The van der Waals surface area contributed by atoms with Crippen LogP contribution < -0.4 is 10.1 Å². The summed E-state index contributed by atoms with van der Waals surface area (Å²) in [7, 11) is 0. The number of carbonyl (C=O) groups is 1. The van der Waals surface area contributed by atoms with Gasteiger partial charge in [0, 0.05) is 23.8 Å². The van der Waals surface area contributed by atoms with Crippen LogP contribution in [0, 0.1) is 0 Å². The first kappa shape index (κ1) is 18.0. The first-order valence-electron chi connectivity index (χ1n) is 8.66. The molecule has 1 amide bonds. The highest BCUT2D eigenvalue weighted by Gasteiger charge is 2.21. The van der Waals surface area contributed by atoms with Gasteiger partial charge < -0.3 is 9.26 Å². The van der Waals surface area contributed by atoms with Crippen molar-refractivity contribution in [3.63, 3.8) is 0 Å². The van der Waals surface area contributed by atoms with E-state index in [9.17, 15) is 4.79 Å². The van der Waals surface area contributed by atoms with Crippen molar-refractivity contribution in [1.82, 2.24) is 15.4 Å². The summed E-state index contributed by atoms with van der Waals surface area (Å²) in [5.41, 5.74) is 2.20. The number of rotatable bonds is 6. The van der Waals surface area contributed by atoms with Crippen LogP contribution in [0.5, 0.6) is 5.75 Å². The minimum absolute atomic E-state index is 0.179. The van der Waals surface area contributed by atoms with Crippen LogP contribution in [0.2, 0.25) is 0 Å². The highest BCUT2D eigenvalue weighted by atomic mass is 32.2. The quantitative estimate of drug-likeness (QED) is 0.486. The number of hydrogen-bond donors (Lipinski definition) is 1. The molecule has 7 nitrogen and oxygen atoms in total. The maximum absolute atomic E-state index is 12.4. The van der Waals surface area contributed by atoms with Crippen LogP contribution in [0.15, 0.2) is 33.1 Å². The van der Waals surface area contributed by atoms with Gasteiger partial charge in [0.25, 0.3) is 5.91 Å². The Morgan fingerprint density at radius 1 is 1.37 bits per heavy atom. The van der Waals surface area contributed by atoms with Gasteiger partial charge in [-0.15, -0.1) is 10.2 Å². The second-order valence-electron chi connectivity index (χ2n) is 6.21. The lowest BCUT2D eigenvalue weighted by Crippen LogP contribution is -2.11. The Kier molecular flexibility index (Phi) is 5.13. The van der Waals surface area contributed by atoms with Gasteiger partial charge in [0.05, 0.1) is 0 Å². The molecule has 0 fully saturated rings. The highest BCUT2D eigenvalue weighted by Crippen LogP contribution is 2.33. The molecule has 0 aliphatic carbocycles. The largest absolute Gasteiger partial charge is 0.490 e. The first-order valence-corrected chi connectivity index (χ1v) is 10.5. The van der Waals surface area contributed by atoms with Crippen molar-refractivity contribution in [1.29, 1.82) is 0 Å². The maximum atomic E-state index is 12.4. The number of hydrogen-bond acceptors (Lipinski definition) is 8. The molecular weight excluding hydrogens is 384 g/mol. The van der Waals surface area contributed by atoms with Crippen molar-refractivity contribution in [2.45, 2.75) is 37.1 Å². The Balaban J connectivity index is 1.45. The van der Waals surface area contributed by atoms with E-state index in [4.69, 9.17) is 9.26 Å². The molecule has 3 aromatic rings.